The van der Waals surface area contributed by atoms with Gasteiger partial charge in [0, 0.05) is 0 Å². The Hall–Kier alpha value is -1.56. The van der Waals surface area contributed by atoms with E-state index in [1.807, 2.05) is 0 Å². The molecular formula is C27H38. The molecule has 0 nitrogen and oxygen atoms in total. The molecule has 0 spiro atoms. The minimum Gasteiger partial charge on any atom is -0.0625 e. The lowest BCUT2D eigenvalue weighted by Crippen LogP contribution is -2.28. The van der Waals surface area contributed by atoms with Gasteiger partial charge in [-0.25, -0.2) is 0 Å². The Morgan fingerprint density at radius 1 is 0.778 bits per heavy atom. The van der Waals surface area contributed by atoms with Crippen molar-refractivity contribution in [2.24, 2.45) is 23.7 Å². The summed E-state index contributed by atoms with van der Waals surface area (Å²) in [7, 11) is 0. The second kappa shape index (κ2) is 9.58. The maximum atomic E-state index is 2.53. The zero-order valence-corrected chi connectivity index (χ0v) is 17.8. The van der Waals surface area contributed by atoms with Gasteiger partial charge >= 0.3 is 0 Å². The molecule has 1 fully saturated rings. The minimum absolute atomic E-state index is 0.604. The minimum atomic E-state index is 0.604. The first-order chi connectivity index (χ1) is 13.0. The third-order valence-corrected chi connectivity index (χ3v) is 7.16. The van der Waals surface area contributed by atoms with Crippen LogP contribution in [0.3, 0.4) is 0 Å². The second-order valence-corrected chi connectivity index (χ2v) is 9.43. The maximum Gasteiger partial charge on any atom is -0.0154 e. The van der Waals surface area contributed by atoms with Gasteiger partial charge in [-0.15, -0.1) is 0 Å². The average molecular weight is 363 g/mol. The monoisotopic (exact) mass is 362 g/mol. The van der Waals surface area contributed by atoms with E-state index < -0.39 is 0 Å². The van der Waals surface area contributed by atoms with Crippen LogP contribution in [0.4, 0.5) is 0 Å². The van der Waals surface area contributed by atoms with Gasteiger partial charge in [0.25, 0.3) is 0 Å². The quantitative estimate of drug-likeness (QED) is 0.467. The van der Waals surface area contributed by atoms with Crippen LogP contribution in [0, 0.1) is 23.7 Å². The molecule has 0 aromatic heterocycles. The molecule has 0 radical (unpaired) electrons. The Morgan fingerprint density at radius 2 is 1.37 bits per heavy atom. The van der Waals surface area contributed by atoms with Gasteiger partial charge in [0.15, 0.2) is 0 Å². The van der Waals surface area contributed by atoms with Crippen LogP contribution in [0.1, 0.15) is 82.8 Å². The molecule has 0 bridgehead atoms. The Kier molecular flexibility index (Phi) is 7.16. The molecule has 0 heterocycles. The highest BCUT2D eigenvalue weighted by Gasteiger charge is 2.31. The van der Waals surface area contributed by atoms with Crippen molar-refractivity contribution in [1.29, 1.82) is 0 Å². The van der Waals surface area contributed by atoms with E-state index in [9.17, 15) is 0 Å². The lowest BCUT2D eigenvalue weighted by molar-refractivity contribution is 0.138. The van der Waals surface area contributed by atoms with E-state index in [0.717, 1.165) is 23.7 Å². The second-order valence-electron chi connectivity index (χ2n) is 9.43. The van der Waals surface area contributed by atoms with E-state index in [-0.39, 0.29) is 0 Å². The summed E-state index contributed by atoms with van der Waals surface area (Å²) in [5.74, 6) is 4.77. The summed E-state index contributed by atoms with van der Waals surface area (Å²) in [6, 6.07) is 22.3. The fraction of sp³-hybridized carbons (Fsp3) is 0.556. The zero-order chi connectivity index (χ0) is 19.2. The molecule has 2 aromatic rings. The van der Waals surface area contributed by atoms with Crippen molar-refractivity contribution >= 4 is 0 Å². The highest BCUT2D eigenvalue weighted by molar-refractivity contribution is 5.23. The van der Waals surface area contributed by atoms with Gasteiger partial charge in [0.1, 0.15) is 0 Å². The predicted molar refractivity (Wildman–Crippen MR) is 118 cm³/mol. The van der Waals surface area contributed by atoms with Crippen molar-refractivity contribution in [3.8, 4) is 0 Å². The molecule has 1 aliphatic rings. The smallest absolute Gasteiger partial charge is 0.0154 e. The average Bonchev–Trinajstić information content (AvgIpc) is 2.68. The first-order valence-corrected chi connectivity index (χ1v) is 11.1. The standard InChI is InChI=1S/C27H38/c1-20-15-16-27(22(3)17-20)23(4)19-26(25-13-9-6-10-14-25)18-21(2)24-11-7-5-8-12-24/h5-14,20-23,26-27H,15-19H2,1-4H3. The summed E-state index contributed by atoms with van der Waals surface area (Å²) in [6.07, 6.45) is 6.85. The largest absolute Gasteiger partial charge is 0.0625 e. The molecule has 1 saturated carbocycles. The van der Waals surface area contributed by atoms with Crippen LogP contribution < -0.4 is 0 Å². The Labute approximate surface area is 167 Å². The van der Waals surface area contributed by atoms with E-state index in [4.69, 9.17) is 0 Å². The van der Waals surface area contributed by atoms with E-state index in [1.165, 1.54) is 43.2 Å². The Bertz CT molecular complexity index is 659. The van der Waals surface area contributed by atoms with Gasteiger partial charge < -0.3 is 0 Å². The van der Waals surface area contributed by atoms with Crippen molar-refractivity contribution in [1.82, 2.24) is 0 Å². The predicted octanol–water partition coefficient (Wildman–Crippen LogP) is 8.06. The molecule has 6 unspecified atom stereocenters. The number of benzene rings is 2. The topological polar surface area (TPSA) is 0 Å². The van der Waals surface area contributed by atoms with Crippen LogP contribution >= 0.6 is 0 Å². The van der Waals surface area contributed by atoms with Crippen molar-refractivity contribution < 1.29 is 0 Å². The highest BCUT2D eigenvalue weighted by Crippen LogP contribution is 2.42. The third-order valence-electron chi connectivity index (χ3n) is 7.16. The summed E-state index contributed by atoms with van der Waals surface area (Å²) < 4.78 is 0. The van der Waals surface area contributed by atoms with Gasteiger partial charge in [-0.2, -0.15) is 0 Å². The van der Waals surface area contributed by atoms with Crippen LogP contribution in [0.5, 0.6) is 0 Å². The highest BCUT2D eigenvalue weighted by atomic mass is 14.4. The molecule has 0 saturated heterocycles. The summed E-state index contributed by atoms with van der Waals surface area (Å²) in [5, 5.41) is 0. The number of hydrogen-bond acceptors (Lipinski definition) is 0. The fourth-order valence-corrected chi connectivity index (χ4v) is 5.60. The van der Waals surface area contributed by atoms with Crippen molar-refractivity contribution in [3.05, 3.63) is 71.8 Å². The van der Waals surface area contributed by atoms with Crippen LogP contribution in [-0.4, -0.2) is 0 Å². The van der Waals surface area contributed by atoms with Gasteiger partial charge in [-0.1, -0.05) is 94.8 Å². The zero-order valence-electron chi connectivity index (χ0n) is 17.8. The first-order valence-electron chi connectivity index (χ1n) is 11.1. The Balaban J connectivity index is 1.72. The van der Waals surface area contributed by atoms with E-state index in [0.29, 0.717) is 11.8 Å². The molecule has 6 atom stereocenters. The van der Waals surface area contributed by atoms with Gasteiger partial charge in [0.2, 0.25) is 0 Å². The number of rotatable bonds is 7. The van der Waals surface area contributed by atoms with Crippen LogP contribution in [0.2, 0.25) is 0 Å². The molecule has 0 amide bonds. The van der Waals surface area contributed by atoms with Crippen LogP contribution in [-0.2, 0) is 0 Å². The third kappa shape index (κ3) is 5.47. The van der Waals surface area contributed by atoms with E-state index >= 15 is 0 Å². The normalized spacial score (nSPS) is 26.3. The first kappa shape index (κ1) is 20.2. The molecule has 0 heteroatoms. The van der Waals surface area contributed by atoms with Crippen molar-refractivity contribution in [2.45, 2.75) is 71.6 Å². The van der Waals surface area contributed by atoms with E-state index in [1.54, 1.807) is 0 Å². The van der Waals surface area contributed by atoms with E-state index in [2.05, 4.69) is 88.4 Å². The number of hydrogen-bond donors (Lipinski definition) is 0. The summed E-state index contributed by atoms with van der Waals surface area (Å²) >= 11 is 0. The lowest BCUT2D eigenvalue weighted by Gasteiger charge is -2.38. The van der Waals surface area contributed by atoms with Gasteiger partial charge in [-0.05, 0) is 72.3 Å². The molecule has 3 rings (SSSR count). The molecule has 27 heavy (non-hydrogen) atoms. The molecule has 0 N–H and O–H groups in total. The lowest BCUT2D eigenvalue weighted by atomic mass is 9.67. The summed E-state index contributed by atoms with van der Waals surface area (Å²) in [4.78, 5) is 0. The molecule has 146 valence electrons. The molecular weight excluding hydrogens is 324 g/mol. The summed E-state index contributed by atoms with van der Waals surface area (Å²) in [6.45, 7) is 9.87. The van der Waals surface area contributed by atoms with Gasteiger partial charge in [-0.3, -0.25) is 0 Å². The molecule has 2 aromatic carbocycles. The van der Waals surface area contributed by atoms with Crippen LogP contribution in [0.25, 0.3) is 0 Å². The Morgan fingerprint density at radius 3 is 1.96 bits per heavy atom. The fourth-order valence-electron chi connectivity index (χ4n) is 5.60. The van der Waals surface area contributed by atoms with Crippen molar-refractivity contribution in [2.75, 3.05) is 0 Å². The molecule has 1 aliphatic carbocycles. The van der Waals surface area contributed by atoms with Gasteiger partial charge in [0.05, 0.1) is 0 Å². The SMILES string of the molecule is CC1CCC(C(C)CC(CC(C)c2ccccc2)c2ccccc2)C(C)C1. The van der Waals surface area contributed by atoms with Crippen molar-refractivity contribution in [3.63, 3.8) is 0 Å². The summed E-state index contributed by atoms with van der Waals surface area (Å²) in [5.41, 5.74) is 3.01. The van der Waals surface area contributed by atoms with Crippen LogP contribution in [0.15, 0.2) is 60.7 Å². The maximum absolute atomic E-state index is 2.53. The molecule has 0 aliphatic heterocycles.